The van der Waals surface area contributed by atoms with Crippen LogP contribution in [0.4, 0.5) is 13.2 Å². The second-order valence-electron chi connectivity index (χ2n) is 2.36. The summed E-state index contributed by atoms with van der Waals surface area (Å²) in [4.78, 5) is 0. The third-order valence-corrected chi connectivity index (χ3v) is 1.48. The van der Waals surface area contributed by atoms with E-state index in [1.807, 2.05) is 0 Å². The van der Waals surface area contributed by atoms with Gasteiger partial charge in [0.15, 0.2) is 0 Å². The predicted octanol–water partition coefficient (Wildman–Crippen LogP) is 0.715. The van der Waals surface area contributed by atoms with E-state index < -0.39 is 11.9 Å². The van der Waals surface area contributed by atoms with Crippen molar-refractivity contribution < 1.29 is 22.6 Å². The molecule has 0 bridgehead atoms. The number of rotatable bonds is 1. The van der Waals surface area contributed by atoms with E-state index in [2.05, 4.69) is 4.74 Å². The SMILES string of the molecule is COc1cc[n+](N)c(C(F)(F)F)c1. The lowest BCUT2D eigenvalue weighted by Crippen LogP contribution is -2.50. The van der Waals surface area contributed by atoms with Crippen LogP contribution in [0.1, 0.15) is 5.69 Å². The van der Waals surface area contributed by atoms with Crippen LogP contribution >= 0.6 is 0 Å². The van der Waals surface area contributed by atoms with Gasteiger partial charge in [-0.25, -0.2) is 5.84 Å². The molecule has 0 spiro atoms. The summed E-state index contributed by atoms with van der Waals surface area (Å²) in [5, 5.41) is 0. The summed E-state index contributed by atoms with van der Waals surface area (Å²) in [6.07, 6.45) is -3.38. The van der Waals surface area contributed by atoms with E-state index in [0.717, 1.165) is 12.3 Å². The molecule has 2 N–H and O–H groups in total. The van der Waals surface area contributed by atoms with Crippen LogP contribution in [0.15, 0.2) is 18.3 Å². The minimum Gasteiger partial charge on any atom is -0.496 e. The molecule has 0 saturated carbocycles. The molecule has 0 atom stereocenters. The summed E-state index contributed by atoms with van der Waals surface area (Å²) in [6, 6.07) is 2.18. The van der Waals surface area contributed by atoms with Gasteiger partial charge in [-0.3, -0.25) is 0 Å². The molecule has 0 fully saturated rings. The Morgan fingerprint density at radius 3 is 2.54 bits per heavy atom. The van der Waals surface area contributed by atoms with Crippen molar-refractivity contribution in [3.8, 4) is 5.75 Å². The molecule has 0 aromatic carbocycles. The largest absolute Gasteiger partial charge is 0.496 e. The van der Waals surface area contributed by atoms with Crippen molar-refractivity contribution in [3.63, 3.8) is 0 Å². The third-order valence-electron chi connectivity index (χ3n) is 1.48. The fraction of sp³-hybridized carbons (Fsp3) is 0.286. The summed E-state index contributed by atoms with van der Waals surface area (Å²) in [7, 11) is 1.29. The molecule has 0 unspecified atom stereocenters. The molecule has 0 radical (unpaired) electrons. The number of halogens is 3. The number of hydrogen-bond donors (Lipinski definition) is 1. The Labute approximate surface area is 72.5 Å². The summed E-state index contributed by atoms with van der Waals surface area (Å²) < 4.78 is 41.8. The molecule has 0 aliphatic rings. The third kappa shape index (κ3) is 2.01. The van der Waals surface area contributed by atoms with E-state index in [-0.39, 0.29) is 5.75 Å². The van der Waals surface area contributed by atoms with Crippen LogP contribution < -0.4 is 15.3 Å². The fourth-order valence-corrected chi connectivity index (χ4v) is 0.847. The van der Waals surface area contributed by atoms with Gasteiger partial charge in [0.25, 0.3) is 0 Å². The normalized spacial score (nSPS) is 11.4. The van der Waals surface area contributed by atoms with Crippen molar-refractivity contribution >= 4 is 0 Å². The molecule has 1 rings (SSSR count). The van der Waals surface area contributed by atoms with E-state index in [1.54, 1.807) is 0 Å². The van der Waals surface area contributed by atoms with E-state index in [1.165, 1.54) is 13.2 Å². The molecule has 0 amide bonds. The molecule has 1 aromatic heterocycles. The highest BCUT2D eigenvalue weighted by Gasteiger charge is 2.41. The molecule has 0 aliphatic heterocycles. The molecule has 6 heteroatoms. The van der Waals surface area contributed by atoms with Crippen LogP contribution in [0.25, 0.3) is 0 Å². The summed E-state index contributed by atoms with van der Waals surface area (Å²) in [5.41, 5.74) is -0.952. The van der Waals surface area contributed by atoms with Crippen molar-refractivity contribution in [2.45, 2.75) is 6.18 Å². The second-order valence-corrected chi connectivity index (χ2v) is 2.36. The molecule has 3 nitrogen and oxygen atoms in total. The van der Waals surface area contributed by atoms with E-state index in [0.29, 0.717) is 4.68 Å². The number of alkyl halides is 3. The number of pyridine rings is 1. The maximum atomic E-state index is 12.2. The summed E-state index contributed by atoms with van der Waals surface area (Å²) in [5.74, 6) is 5.19. The highest BCUT2D eigenvalue weighted by atomic mass is 19.4. The summed E-state index contributed by atoms with van der Waals surface area (Å²) >= 11 is 0. The Bertz CT molecular complexity index is 311. The van der Waals surface area contributed by atoms with Gasteiger partial charge in [-0.2, -0.15) is 13.2 Å². The smallest absolute Gasteiger partial charge is 0.480 e. The molecule has 72 valence electrons. The topological polar surface area (TPSA) is 39.1 Å². The monoisotopic (exact) mass is 193 g/mol. The zero-order valence-corrected chi connectivity index (χ0v) is 6.80. The van der Waals surface area contributed by atoms with Crippen LogP contribution in [0.2, 0.25) is 0 Å². The molecular weight excluding hydrogens is 185 g/mol. The Balaban J connectivity index is 3.19. The Morgan fingerprint density at radius 1 is 1.46 bits per heavy atom. The average Bonchev–Trinajstić information content (AvgIpc) is 2.03. The standard InChI is InChI=1S/C7H8F3N2O/c1-13-5-2-3-12(11)6(4-5)7(8,9)10/h2-4H,11H2,1H3/q+1. The lowest BCUT2D eigenvalue weighted by molar-refractivity contribution is -0.660. The Kier molecular flexibility index (Phi) is 2.31. The molecular formula is C7H8F3N2O+. The van der Waals surface area contributed by atoms with Gasteiger partial charge in [0, 0.05) is 6.07 Å². The number of ether oxygens (including phenoxy) is 1. The van der Waals surface area contributed by atoms with Crippen molar-refractivity contribution in [1.82, 2.24) is 0 Å². The quantitative estimate of drug-likeness (QED) is 0.527. The van der Waals surface area contributed by atoms with Gasteiger partial charge in [-0.15, -0.1) is 0 Å². The zero-order chi connectivity index (χ0) is 10.1. The van der Waals surface area contributed by atoms with Gasteiger partial charge in [0.05, 0.1) is 13.2 Å². The van der Waals surface area contributed by atoms with Crippen molar-refractivity contribution in [1.29, 1.82) is 0 Å². The number of methoxy groups -OCH3 is 1. The van der Waals surface area contributed by atoms with E-state index >= 15 is 0 Å². The first kappa shape index (κ1) is 9.63. The van der Waals surface area contributed by atoms with Crippen molar-refractivity contribution in [2.75, 3.05) is 13.0 Å². The number of nitrogen functional groups attached to an aromatic ring is 1. The number of nitrogens with two attached hydrogens (primary N) is 1. The molecule has 0 aliphatic carbocycles. The number of nitrogens with zero attached hydrogens (tertiary/aromatic N) is 1. The van der Waals surface area contributed by atoms with Crippen LogP contribution in [0, 0.1) is 0 Å². The maximum absolute atomic E-state index is 12.2. The maximum Gasteiger partial charge on any atom is 0.480 e. The Hall–Kier alpha value is -1.46. The predicted molar refractivity (Wildman–Crippen MR) is 38.3 cm³/mol. The lowest BCUT2D eigenvalue weighted by Gasteiger charge is -2.04. The second kappa shape index (κ2) is 3.12. The van der Waals surface area contributed by atoms with E-state index in [4.69, 9.17) is 5.84 Å². The van der Waals surface area contributed by atoms with Crippen LogP contribution in [0.5, 0.6) is 5.75 Å². The molecule has 1 heterocycles. The van der Waals surface area contributed by atoms with Gasteiger partial charge < -0.3 is 4.74 Å². The minimum atomic E-state index is -4.47. The first-order valence-corrected chi connectivity index (χ1v) is 3.37. The van der Waals surface area contributed by atoms with Gasteiger partial charge in [-0.05, 0) is 0 Å². The highest BCUT2D eigenvalue weighted by Crippen LogP contribution is 2.27. The molecule has 0 saturated heterocycles. The van der Waals surface area contributed by atoms with Gasteiger partial charge in [-0.1, -0.05) is 4.68 Å². The minimum absolute atomic E-state index is 0.119. The number of aromatic nitrogens is 1. The number of hydrogen-bond acceptors (Lipinski definition) is 2. The molecule has 1 aromatic rings. The fourth-order valence-electron chi connectivity index (χ4n) is 0.847. The van der Waals surface area contributed by atoms with Crippen molar-refractivity contribution in [2.24, 2.45) is 0 Å². The first-order chi connectivity index (χ1) is 5.95. The zero-order valence-electron chi connectivity index (χ0n) is 6.80. The van der Waals surface area contributed by atoms with E-state index in [9.17, 15) is 13.2 Å². The van der Waals surface area contributed by atoms with Gasteiger partial charge in [0.1, 0.15) is 5.75 Å². The van der Waals surface area contributed by atoms with Crippen LogP contribution in [-0.4, -0.2) is 7.11 Å². The highest BCUT2D eigenvalue weighted by molar-refractivity contribution is 5.20. The lowest BCUT2D eigenvalue weighted by atomic mass is 10.3. The molecule has 13 heavy (non-hydrogen) atoms. The van der Waals surface area contributed by atoms with Gasteiger partial charge in [0.2, 0.25) is 6.20 Å². The van der Waals surface area contributed by atoms with Gasteiger partial charge >= 0.3 is 11.9 Å². The van der Waals surface area contributed by atoms with Crippen molar-refractivity contribution in [3.05, 3.63) is 24.0 Å². The Morgan fingerprint density at radius 2 is 2.08 bits per heavy atom. The first-order valence-electron chi connectivity index (χ1n) is 3.37. The summed E-state index contributed by atoms with van der Waals surface area (Å²) in [6.45, 7) is 0. The van der Waals surface area contributed by atoms with Crippen LogP contribution in [0.3, 0.4) is 0 Å². The van der Waals surface area contributed by atoms with Crippen LogP contribution in [-0.2, 0) is 6.18 Å². The average molecular weight is 193 g/mol.